The molecule has 0 bridgehead atoms. The first-order valence-corrected chi connectivity index (χ1v) is 8.61. The number of amides is 1. The van der Waals surface area contributed by atoms with Crippen LogP contribution in [0, 0.1) is 0 Å². The Morgan fingerprint density at radius 2 is 2.15 bits per heavy atom. The summed E-state index contributed by atoms with van der Waals surface area (Å²) in [5.41, 5.74) is 0.611. The van der Waals surface area contributed by atoms with Crippen molar-refractivity contribution in [2.75, 3.05) is 18.1 Å². The summed E-state index contributed by atoms with van der Waals surface area (Å²) in [6.07, 6.45) is 3.07. The Labute approximate surface area is 124 Å². The topological polar surface area (TPSA) is 66.5 Å². The zero-order chi connectivity index (χ0) is 14.8. The highest BCUT2D eigenvalue weighted by molar-refractivity contribution is 7.88. The largest absolute Gasteiger partial charge is 0.326 e. The van der Waals surface area contributed by atoms with Crippen LogP contribution in [0.15, 0.2) is 24.3 Å². The van der Waals surface area contributed by atoms with Crippen LogP contribution in [0.5, 0.6) is 0 Å². The Morgan fingerprint density at radius 1 is 1.45 bits per heavy atom. The van der Waals surface area contributed by atoms with Gasteiger partial charge in [0, 0.05) is 29.7 Å². The molecular weight excluding hydrogens is 300 g/mol. The predicted molar refractivity (Wildman–Crippen MR) is 79.3 cm³/mol. The molecule has 1 aliphatic rings. The predicted octanol–water partition coefficient (Wildman–Crippen LogP) is 2.09. The van der Waals surface area contributed by atoms with E-state index in [2.05, 4.69) is 5.32 Å². The summed E-state index contributed by atoms with van der Waals surface area (Å²) in [6.45, 7) is 0.218. The molecule has 20 heavy (non-hydrogen) atoms. The first kappa shape index (κ1) is 15.3. The number of carbonyl (C=O) groups is 1. The summed E-state index contributed by atoms with van der Waals surface area (Å²) in [7, 11) is -3.24. The standard InChI is InChI=1S/C13H17ClN2O3S/c1-20(18,19)16(12-5-6-12)8-7-13(17)15-11-4-2-3-10(14)9-11/h2-4,9,12H,5-8H2,1H3,(H,15,17). The maximum absolute atomic E-state index is 11.8. The summed E-state index contributed by atoms with van der Waals surface area (Å²) in [6, 6.07) is 6.91. The van der Waals surface area contributed by atoms with E-state index in [-0.39, 0.29) is 24.9 Å². The molecule has 1 saturated carbocycles. The minimum atomic E-state index is -3.24. The number of sulfonamides is 1. The molecule has 0 unspecified atom stereocenters. The zero-order valence-corrected chi connectivity index (χ0v) is 12.7. The van der Waals surface area contributed by atoms with Crippen LogP contribution in [-0.2, 0) is 14.8 Å². The van der Waals surface area contributed by atoms with Crippen LogP contribution < -0.4 is 5.32 Å². The zero-order valence-electron chi connectivity index (χ0n) is 11.2. The van der Waals surface area contributed by atoms with Crippen molar-refractivity contribution < 1.29 is 13.2 Å². The Hall–Kier alpha value is -1.11. The lowest BCUT2D eigenvalue weighted by Crippen LogP contribution is -2.34. The molecule has 110 valence electrons. The highest BCUT2D eigenvalue weighted by Gasteiger charge is 2.34. The third kappa shape index (κ3) is 4.47. The molecule has 1 aliphatic carbocycles. The molecule has 2 rings (SSSR count). The highest BCUT2D eigenvalue weighted by Crippen LogP contribution is 2.28. The molecule has 0 saturated heterocycles. The fourth-order valence-electron chi connectivity index (χ4n) is 1.98. The second-order valence-electron chi connectivity index (χ2n) is 4.91. The van der Waals surface area contributed by atoms with Crippen LogP contribution in [0.1, 0.15) is 19.3 Å². The molecule has 0 aromatic heterocycles. The number of rotatable bonds is 6. The van der Waals surface area contributed by atoms with E-state index < -0.39 is 10.0 Å². The van der Waals surface area contributed by atoms with Gasteiger partial charge in [0.15, 0.2) is 0 Å². The van der Waals surface area contributed by atoms with Gasteiger partial charge in [-0.3, -0.25) is 4.79 Å². The fourth-order valence-corrected chi connectivity index (χ4v) is 3.35. The first-order valence-electron chi connectivity index (χ1n) is 6.38. The summed E-state index contributed by atoms with van der Waals surface area (Å²) < 4.78 is 24.6. The Kier molecular flexibility index (Phi) is 4.67. The van der Waals surface area contributed by atoms with Crippen molar-refractivity contribution in [2.45, 2.75) is 25.3 Å². The Balaban J connectivity index is 1.88. The lowest BCUT2D eigenvalue weighted by Gasteiger charge is -2.18. The number of benzene rings is 1. The van der Waals surface area contributed by atoms with Gasteiger partial charge in [0.05, 0.1) is 6.26 Å². The second-order valence-corrected chi connectivity index (χ2v) is 7.28. The van der Waals surface area contributed by atoms with Crippen LogP contribution in [0.2, 0.25) is 5.02 Å². The molecule has 5 nitrogen and oxygen atoms in total. The number of halogens is 1. The Bertz CT molecular complexity index is 599. The van der Waals surface area contributed by atoms with E-state index in [1.54, 1.807) is 24.3 Å². The van der Waals surface area contributed by atoms with Gasteiger partial charge < -0.3 is 5.32 Å². The van der Waals surface area contributed by atoms with Crippen molar-refractivity contribution in [3.8, 4) is 0 Å². The number of carbonyl (C=O) groups excluding carboxylic acids is 1. The monoisotopic (exact) mass is 316 g/mol. The lowest BCUT2D eigenvalue weighted by atomic mass is 10.3. The molecule has 0 spiro atoms. The molecule has 1 aromatic carbocycles. The lowest BCUT2D eigenvalue weighted by molar-refractivity contribution is -0.116. The minimum absolute atomic E-state index is 0.0731. The van der Waals surface area contributed by atoms with E-state index in [9.17, 15) is 13.2 Å². The number of nitrogens with one attached hydrogen (secondary N) is 1. The number of anilines is 1. The van der Waals surface area contributed by atoms with E-state index in [1.807, 2.05) is 0 Å². The van der Waals surface area contributed by atoms with Crippen LogP contribution in [0.4, 0.5) is 5.69 Å². The third-order valence-corrected chi connectivity index (χ3v) is 4.62. The van der Waals surface area contributed by atoms with Gasteiger partial charge in [-0.15, -0.1) is 0 Å². The normalized spacial score (nSPS) is 15.3. The van der Waals surface area contributed by atoms with Crippen LogP contribution in [0.3, 0.4) is 0 Å². The molecule has 0 heterocycles. The van der Waals surface area contributed by atoms with Crippen molar-refractivity contribution >= 4 is 33.2 Å². The number of hydrogen-bond donors (Lipinski definition) is 1. The molecule has 0 atom stereocenters. The summed E-state index contributed by atoms with van der Waals surface area (Å²) >= 11 is 5.83. The van der Waals surface area contributed by atoms with Gasteiger partial charge in [-0.1, -0.05) is 17.7 Å². The number of nitrogens with zero attached hydrogens (tertiary/aromatic N) is 1. The molecular formula is C13H17ClN2O3S. The van der Waals surface area contributed by atoms with Crippen molar-refractivity contribution in [3.63, 3.8) is 0 Å². The molecule has 0 radical (unpaired) electrons. The van der Waals surface area contributed by atoms with Gasteiger partial charge in [-0.05, 0) is 31.0 Å². The van der Waals surface area contributed by atoms with Gasteiger partial charge in [-0.25, -0.2) is 8.42 Å². The van der Waals surface area contributed by atoms with E-state index in [0.717, 1.165) is 12.8 Å². The smallest absolute Gasteiger partial charge is 0.225 e. The summed E-state index contributed by atoms with van der Waals surface area (Å²) in [4.78, 5) is 11.8. The van der Waals surface area contributed by atoms with E-state index in [4.69, 9.17) is 11.6 Å². The maximum atomic E-state index is 11.8. The Morgan fingerprint density at radius 3 is 2.70 bits per heavy atom. The van der Waals surface area contributed by atoms with Crippen molar-refractivity contribution in [3.05, 3.63) is 29.3 Å². The van der Waals surface area contributed by atoms with Gasteiger partial charge in [0.25, 0.3) is 0 Å². The van der Waals surface area contributed by atoms with Crippen molar-refractivity contribution in [1.82, 2.24) is 4.31 Å². The van der Waals surface area contributed by atoms with Crippen LogP contribution in [-0.4, -0.2) is 37.5 Å². The molecule has 1 amide bonds. The first-order chi connectivity index (χ1) is 9.36. The van der Waals surface area contributed by atoms with Gasteiger partial charge in [-0.2, -0.15) is 4.31 Å². The van der Waals surface area contributed by atoms with E-state index >= 15 is 0 Å². The van der Waals surface area contributed by atoms with Gasteiger partial charge in [0.1, 0.15) is 0 Å². The SMILES string of the molecule is CS(=O)(=O)N(CCC(=O)Nc1cccc(Cl)c1)C1CC1. The van der Waals surface area contributed by atoms with Gasteiger partial charge in [0.2, 0.25) is 15.9 Å². The average molecular weight is 317 g/mol. The van der Waals surface area contributed by atoms with E-state index in [0.29, 0.717) is 10.7 Å². The number of hydrogen-bond acceptors (Lipinski definition) is 3. The third-order valence-electron chi connectivity index (χ3n) is 3.05. The van der Waals surface area contributed by atoms with Crippen LogP contribution in [0.25, 0.3) is 0 Å². The molecule has 1 fully saturated rings. The fraction of sp³-hybridized carbons (Fsp3) is 0.462. The summed E-state index contributed by atoms with van der Waals surface area (Å²) in [5.74, 6) is -0.221. The van der Waals surface area contributed by atoms with Crippen molar-refractivity contribution in [1.29, 1.82) is 0 Å². The molecule has 0 aliphatic heterocycles. The highest BCUT2D eigenvalue weighted by atomic mass is 35.5. The average Bonchev–Trinajstić information content (AvgIpc) is 3.11. The van der Waals surface area contributed by atoms with Gasteiger partial charge >= 0.3 is 0 Å². The van der Waals surface area contributed by atoms with Crippen molar-refractivity contribution in [2.24, 2.45) is 0 Å². The molecule has 1 N–H and O–H groups in total. The maximum Gasteiger partial charge on any atom is 0.225 e. The molecule has 1 aromatic rings. The minimum Gasteiger partial charge on any atom is -0.326 e. The summed E-state index contributed by atoms with van der Waals surface area (Å²) in [5, 5.41) is 3.24. The molecule has 7 heteroatoms. The van der Waals surface area contributed by atoms with E-state index in [1.165, 1.54) is 10.6 Å². The quantitative estimate of drug-likeness (QED) is 0.874. The van der Waals surface area contributed by atoms with Crippen LogP contribution >= 0.6 is 11.6 Å². The second kappa shape index (κ2) is 6.11.